The molecule has 0 N–H and O–H groups in total. The summed E-state index contributed by atoms with van der Waals surface area (Å²) in [5, 5.41) is 0. The fraction of sp³-hybridized carbons (Fsp3) is 0.611. The topological polar surface area (TPSA) is 56.8 Å². The second-order valence-electron chi connectivity index (χ2n) is 6.31. The molecule has 2 atom stereocenters. The number of anilines is 1. The largest absolute Gasteiger partial charge is 0.327 e. The molecule has 138 valence electrons. The number of rotatable bonds is 7. The van der Waals surface area contributed by atoms with Crippen molar-refractivity contribution in [2.24, 2.45) is 0 Å². The molecule has 0 aromatic carbocycles. The highest BCUT2D eigenvalue weighted by Crippen LogP contribution is 2.29. The number of likely N-dealkylation sites (N-methyl/N-ethyl adjacent to an activating group) is 1. The average molecular weight is 365 g/mol. The van der Waals surface area contributed by atoms with Crippen molar-refractivity contribution in [2.45, 2.75) is 44.8 Å². The van der Waals surface area contributed by atoms with Crippen LogP contribution in [0.1, 0.15) is 32.6 Å². The van der Waals surface area contributed by atoms with Crippen LogP contribution in [0, 0.1) is 0 Å². The molecule has 2 rings (SSSR count). The number of hydrogen-bond donors (Lipinski definition) is 0. The minimum atomic E-state index is -0.391. The molecule has 6 nitrogen and oxygen atoms in total. The average Bonchev–Trinajstić information content (AvgIpc) is 2.88. The zero-order valence-corrected chi connectivity index (χ0v) is 16.3. The fourth-order valence-electron chi connectivity index (χ4n) is 3.19. The fourth-order valence-corrected chi connectivity index (χ4v) is 3.65. The number of aromatic nitrogens is 1. The van der Waals surface area contributed by atoms with E-state index in [0.717, 1.165) is 25.0 Å². The molecule has 0 aliphatic carbocycles. The molecule has 1 fully saturated rings. The van der Waals surface area contributed by atoms with Gasteiger partial charge in [-0.05, 0) is 43.4 Å². The summed E-state index contributed by atoms with van der Waals surface area (Å²) in [4.78, 5) is 35.3. The summed E-state index contributed by atoms with van der Waals surface area (Å²) in [5.41, 5.74) is 0. The van der Waals surface area contributed by atoms with E-state index in [9.17, 15) is 9.59 Å². The standard InChI is InChI=1S/C18H28N4O2S/c1-5-6-10-16-21(3)17(23)14(11-13-25-4)22(16)18(24)20(2)15-9-7-8-12-19-15/h7-9,12,14,16H,5-6,10-11,13H2,1-4H3/t14-,16+/m0/s1. The highest BCUT2D eigenvalue weighted by Gasteiger charge is 2.46. The lowest BCUT2D eigenvalue weighted by molar-refractivity contribution is -0.128. The van der Waals surface area contributed by atoms with E-state index >= 15 is 0 Å². The van der Waals surface area contributed by atoms with Gasteiger partial charge in [0.25, 0.3) is 0 Å². The lowest BCUT2D eigenvalue weighted by Gasteiger charge is -2.33. The third-order valence-electron chi connectivity index (χ3n) is 4.65. The van der Waals surface area contributed by atoms with Gasteiger partial charge in [0.1, 0.15) is 18.0 Å². The summed E-state index contributed by atoms with van der Waals surface area (Å²) in [6.07, 6.45) is 6.99. The second kappa shape index (κ2) is 9.08. The maximum atomic E-state index is 13.2. The molecule has 1 aromatic heterocycles. The van der Waals surface area contributed by atoms with Crippen LogP contribution in [-0.2, 0) is 4.79 Å². The molecule has 2 heterocycles. The Morgan fingerprint density at radius 2 is 2.12 bits per heavy atom. The molecule has 0 spiro atoms. The number of carbonyl (C=O) groups is 2. The second-order valence-corrected chi connectivity index (χ2v) is 7.29. The molecular weight excluding hydrogens is 336 g/mol. The number of thioether (sulfide) groups is 1. The molecule has 1 aliphatic rings. The molecule has 7 heteroatoms. The van der Waals surface area contributed by atoms with Crippen LogP contribution in [0.15, 0.2) is 24.4 Å². The van der Waals surface area contributed by atoms with Crippen LogP contribution in [0.2, 0.25) is 0 Å². The van der Waals surface area contributed by atoms with Crippen molar-refractivity contribution in [3.05, 3.63) is 24.4 Å². The van der Waals surface area contributed by atoms with E-state index < -0.39 is 6.04 Å². The zero-order valence-electron chi connectivity index (χ0n) is 15.5. The van der Waals surface area contributed by atoms with Crippen LogP contribution >= 0.6 is 11.8 Å². The minimum Gasteiger partial charge on any atom is -0.323 e. The Balaban J connectivity index is 2.28. The highest BCUT2D eigenvalue weighted by molar-refractivity contribution is 7.98. The van der Waals surface area contributed by atoms with Gasteiger partial charge in [-0.2, -0.15) is 11.8 Å². The molecule has 0 bridgehead atoms. The maximum Gasteiger partial charge on any atom is 0.327 e. The van der Waals surface area contributed by atoms with Crippen molar-refractivity contribution < 1.29 is 9.59 Å². The van der Waals surface area contributed by atoms with E-state index in [1.165, 1.54) is 4.90 Å². The van der Waals surface area contributed by atoms with E-state index in [1.807, 2.05) is 25.4 Å². The maximum absolute atomic E-state index is 13.2. The molecule has 1 saturated heterocycles. The molecule has 1 aromatic rings. The van der Waals surface area contributed by atoms with E-state index in [0.29, 0.717) is 12.2 Å². The normalized spacial score (nSPS) is 20.2. The van der Waals surface area contributed by atoms with Gasteiger partial charge < -0.3 is 4.90 Å². The van der Waals surface area contributed by atoms with Gasteiger partial charge in [-0.25, -0.2) is 9.78 Å². The Morgan fingerprint density at radius 3 is 2.72 bits per heavy atom. The molecule has 0 saturated carbocycles. The van der Waals surface area contributed by atoms with E-state index in [-0.39, 0.29) is 18.1 Å². The summed E-state index contributed by atoms with van der Waals surface area (Å²) in [6, 6.07) is 4.92. The van der Waals surface area contributed by atoms with Gasteiger partial charge in [-0.1, -0.05) is 19.4 Å². The summed E-state index contributed by atoms with van der Waals surface area (Å²) in [5.74, 6) is 1.48. The van der Waals surface area contributed by atoms with E-state index in [2.05, 4.69) is 11.9 Å². The van der Waals surface area contributed by atoms with Crippen molar-refractivity contribution >= 4 is 29.5 Å². The van der Waals surface area contributed by atoms with Gasteiger partial charge in [0.2, 0.25) is 5.91 Å². The Labute approximate surface area is 154 Å². The smallest absolute Gasteiger partial charge is 0.323 e. The van der Waals surface area contributed by atoms with Crippen molar-refractivity contribution in [2.75, 3.05) is 31.0 Å². The lowest BCUT2D eigenvalue weighted by Crippen LogP contribution is -2.50. The molecule has 25 heavy (non-hydrogen) atoms. The first kappa shape index (κ1) is 19.6. The molecule has 0 radical (unpaired) electrons. The Bertz CT molecular complexity index is 584. The first-order chi connectivity index (χ1) is 12.0. The first-order valence-electron chi connectivity index (χ1n) is 8.75. The summed E-state index contributed by atoms with van der Waals surface area (Å²) >= 11 is 1.69. The number of amides is 3. The van der Waals surface area contributed by atoms with Gasteiger partial charge in [0.15, 0.2) is 0 Å². The third-order valence-corrected chi connectivity index (χ3v) is 5.29. The van der Waals surface area contributed by atoms with Gasteiger partial charge in [-0.3, -0.25) is 14.6 Å². The number of hydrogen-bond acceptors (Lipinski definition) is 4. The number of urea groups is 1. The first-order valence-corrected chi connectivity index (χ1v) is 10.1. The summed E-state index contributed by atoms with van der Waals surface area (Å²) < 4.78 is 0. The van der Waals surface area contributed by atoms with Crippen molar-refractivity contribution in [3.8, 4) is 0 Å². The predicted molar refractivity (Wildman–Crippen MR) is 103 cm³/mol. The number of unbranched alkanes of at least 4 members (excludes halogenated alkanes) is 1. The van der Waals surface area contributed by atoms with Gasteiger partial charge in [0, 0.05) is 20.3 Å². The lowest BCUT2D eigenvalue weighted by atomic mass is 10.2. The molecule has 3 amide bonds. The van der Waals surface area contributed by atoms with Crippen LogP contribution in [0.25, 0.3) is 0 Å². The minimum absolute atomic E-state index is 0.0397. The van der Waals surface area contributed by atoms with Crippen molar-refractivity contribution in [3.63, 3.8) is 0 Å². The Hall–Kier alpha value is -1.76. The molecule has 0 unspecified atom stereocenters. The quantitative estimate of drug-likeness (QED) is 0.746. The van der Waals surface area contributed by atoms with Crippen LogP contribution in [0.4, 0.5) is 10.6 Å². The molecular formula is C18H28N4O2S. The van der Waals surface area contributed by atoms with Crippen molar-refractivity contribution in [1.29, 1.82) is 0 Å². The van der Waals surface area contributed by atoms with E-state index in [1.54, 1.807) is 40.9 Å². The van der Waals surface area contributed by atoms with Gasteiger partial charge >= 0.3 is 6.03 Å². The van der Waals surface area contributed by atoms with Crippen LogP contribution in [0.3, 0.4) is 0 Å². The Morgan fingerprint density at radius 1 is 1.36 bits per heavy atom. The highest BCUT2D eigenvalue weighted by atomic mass is 32.2. The van der Waals surface area contributed by atoms with Crippen molar-refractivity contribution in [1.82, 2.24) is 14.8 Å². The summed E-state index contributed by atoms with van der Waals surface area (Å²) in [7, 11) is 3.53. The molecule has 1 aliphatic heterocycles. The number of nitrogens with zero attached hydrogens (tertiary/aromatic N) is 4. The van der Waals surface area contributed by atoms with Crippen LogP contribution in [-0.4, -0.2) is 65.0 Å². The van der Waals surface area contributed by atoms with Crippen LogP contribution < -0.4 is 4.90 Å². The Kier molecular flexibility index (Phi) is 7.11. The monoisotopic (exact) mass is 364 g/mol. The third kappa shape index (κ3) is 4.26. The SMILES string of the molecule is CCCC[C@@H]1N(C)C(=O)[C@H](CCSC)N1C(=O)N(C)c1ccccn1. The predicted octanol–water partition coefficient (Wildman–Crippen LogP) is 3.05. The zero-order chi connectivity index (χ0) is 18.4. The summed E-state index contributed by atoms with van der Waals surface area (Å²) in [6.45, 7) is 2.12. The van der Waals surface area contributed by atoms with E-state index in [4.69, 9.17) is 0 Å². The van der Waals surface area contributed by atoms with Gasteiger partial charge in [-0.15, -0.1) is 0 Å². The number of carbonyl (C=O) groups excluding carboxylic acids is 2. The van der Waals surface area contributed by atoms with Gasteiger partial charge in [0.05, 0.1) is 0 Å². The van der Waals surface area contributed by atoms with Crippen LogP contribution in [0.5, 0.6) is 0 Å². The number of pyridine rings is 1.